The molecular formula is C19H19FN4OS. The summed E-state index contributed by atoms with van der Waals surface area (Å²) < 4.78 is 16.0. The van der Waals surface area contributed by atoms with Crippen molar-refractivity contribution in [2.75, 3.05) is 18.0 Å². The minimum absolute atomic E-state index is 0.0286. The minimum Gasteiger partial charge on any atom is -0.317 e. The van der Waals surface area contributed by atoms with Gasteiger partial charge in [0.1, 0.15) is 5.52 Å². The lowest BCUT2D eigenvalue weighted by molar-refractivity contribution is 0.0996. The summed E-state index contributed by atoms with van der Waals surface area (Å²) in [7, 11) is 1.76. The van der Waals surface area contributed by atoms with Crippen molar-refractivity contribution in [1.29, 1.82) is 0 Å². The summed E-state index contributed by atoms with van der Waals surface area (Å²) in [6.45, 7) is 2.60. The number of anilines is 1. The van der Waals surface area contributed by atoms with E-state index >= 15 is 0 Å². The van der Waals surface area contributed by atoms with E-state index < -0.39 is 5.82 Å². The van der Waals surface area contributed by atoms with E-state index in [4.69, 9.17) is 0 Å². The van der Waals surface area contributed by atoms with Gasteiger partial charge in [0, 0.05) is 34.1 Å². The number of hydrogen-bond acceptors (Lipinski definition) is 4. The van der Waals surface area contributed by atoms with Crippen LogP contribution in [0.25, 0.3) is 10.9 Å². The van der Waals surface area contributed by atoms with Gasteiger partial charge < -0.3 is 10.2 Å². The molecular weight excluding hydrogens is 351 g/mol. The Labute approximate surface area is 154 Å². The largest absolute Gasteiger partial charge is 0.317 e. The molecule has 0 unspecified atom stereocenters. The average molecular weight is 370 g/mol. The topological polar surface area (TPSA) is 50.2 Å². The van der Waals surface area contributed by atoms with Gasteiger partial charge in [-0.25, -0.2) is 4.39 Å². The summed E-state index contributed by atoms with van der Waals surface area (Å²) >= 11 is 1.74. The molecule has 0 radical (unpaired) electrons. The van der Waals surface area contributed by atoms with Gasteiger partial charge in [-0.2, -0.15) is 5.10 Å². The van der Waals surface area contributed by atoms with E-state index in [2.05, 4.69) is 16.5 Å². The number of nitrogens with one attached hydrogen (secondary N) is 1. The Bertz CT molecular complexity index is 1020. The lowest BCUT2D eigenvalue weighted by atomic mass is 9.96. The first-order valence-corrected chi connectivity index (χ1v) is 9.70. The number of hydrogen-bond donors (Lipinski definition) is 1. The molecule has 0 bridgehead atoms. The molecule has 1 saturated heterocycles. The van der Waals surface area contributed by atoms with Crippen molar-refractivity contribution in [2.45, 2.75) is 25.3 Å². The molecule has 1 aromatic carbocycles. The van der Waals surface area contributed by atoms with Gasteiger partial charge in [-0.15, -0.1) is 11.3 Å². The van der Waals surface area contributed by atoms with Crippen molar-refractivity contribution in [3.63, 3.8) is 0 Å². The number of aryl methyl sites for hydroxylation is 1. The zero-order valence-corrected chi connectivity index (χ0v) is 15.3. The highest BCUT2D eigenvalue weighted by Crippen LogP contribution is 2.39. The summed E-state index contributed by atoms with van der Waals surface area (Å²) in [6, 6.07) is 5.32. The van der Waals surface area contributed by atoms with E-state index in [0.717, 1.165) is 36.4 Å². The predicted molar refractivity (Wildman–Crippen MR) is 100 cm³/mol. The number of carbonyl (C=O) groups excluding carboxylic acids is 1. The maximum absolute atomic E-state index is 14.4. The van der Waals surface area contributed by atoms with Crippen LogP contribution < -0.4 is 10.2 Å². The molecule has 2 aliphatic heterocycles. The molecule has 3 aromatic rings. The molecule has 4 heterocycles. The van der Waals surface area contributed by atoms with Crippen molar-refractivity contribution < 1.29 is 9.18 Å². The molecule has 0 atom stereocenters. The summed E-state index contributed by atoms with van der Waals surface area (Å²) in [6.07, 6.45) is 4.02. The molecule has 0 saturated carbocycles. The molecule has 26 heavy (non-hydrogen) atoms. The third-order valence-electron chi connectivity index (χ3n) is 5.32. The minimum atomic E-state index is -0.392. The van der Waals surface area contributed by atoms with Crippen LogP contribution in [0.4, 0.5) is 10.1 Å². The summed E-state index contributed by atoms with van der Waals surface area (Å²) in [4.78, 5) is 17.0. The number of carbonyl (C=O) groups is 1. The number of rotatable bonds is 2. The Morgan fingerprint density at radius 2 is 2.08 bits per heavy atom. The number of thiophene rings is 1. The normalized spacial score (nSPS) is 18.1. The third-order valence-corrected chi connectivity index (χ3v) is 6.60. The Hall–Kier alpha value is -2.25. The molecule has 2 aromatic heterocycles. The molecule has 134 valence electrons. The molecule has 0 spiro atoms. The number of fused-ring (bicyclic) bond motifs is 2. The fourth-order valence-corrected chi connectivity index (χ4v) is 5.29. The van der Waals surface area contributed by atoms with E-state index in [1.165, 1.54) is 10.9 Å². The van der Waals surface area contributed by atoms with Gasteiger partial charge >= 0.3 is 0 Å². The highest BCUT2D eigenvalue weighted by Gasteiger charge is 2.33. The number of halogens is 1. The molecule has 1 fully saturated rings. The van der Waals surface area contributed by atoms with Crippen molar-refractivity contribution in [3.8, 4) is 0 Å². The maximum Gasteiger partial charge on any atom is 0.259 e. The molecule has 5 nitrogen and oxygen atoms in total. The summed E-state index contributed by atoms with van der Waals surface area (Å²) in [5.74, 6) is 0.132. The fraction of sp³-hybridized carbons (Fsp3) is 0.368. The SMILES string of the molecule is Cn1cc2cc(N3Cc4sc(C5CCNCC5)cc4C3=O)cc(F)c2n1. The number of aromatic nitrogens is 2. The zero-order valence-electron chi connectivity index (χ0n) is 14.5. The van der Waals surface area contributed by atoms with Crippen LogP contribution in [0.15, 0.2) is 24.4 Å². The summed E-state index contributed by atoms with van der Waals surface area (Å²) in [5, 5.41) is 8.22. The van der Waals surface area contributed by atoms with Crippen LogP contribution in [-0.4, -0.2) is 28.8 Å². The van der Waals surface area contributed by atoms with Crippen LogP contribution in [0.3, 0.4) is 0 Å². The Kier molecular flexibility index (Phi) is 3.62. The number of benzene rings is 1. The lowest BCUT2D eigenvalue weighted by Crippen LogP contribution is -2.26. The van der Waals surface area contributed by atoms with Crippen molar-refractivity contribution in [1.82, 2.24) is 15.1 Å². The van der Waals surface area contributed by atoms with Crippen LogP contribution >= 0.6 is 11.3 Å². The molecule has 2 aliphatic rings. The molecule has 5 rings (SSSR count). The second-order valence-corrected chi connectivity index (χ2v) is 8.24. The van der Waals surface area contributed by atoms with E-state index in [9.17, 15) is 9.18 Å². The van der Waals surface area contributed by atoms with Gasteiger partial charge in [-0.1, -0.05) is 0 Å². The maximum atomic E-state index is 14.4. The van der Waals surface area contributed by atoms with E-state index in [-0.39, 0.29) is 5.91 Å². The van der Waals surface area contributed by atoms with Gasteiger partial charge in [0.15, 0.2) is 5.82 Å². The van der Waals surface area contributed by atoms with Crippen molar-refractivity contribution >= 4 is 33.8 Å². The summed E-state index contributed by atoms with van der Waals surface area (Å²) in [5.41, 5.74) is 1.72. The first-order chi connectivity index (χ1) is 12.6. The number of nitrogens with zero attached hydrogens (tertiary/aromatic N) is 3. The smallest absolute Gasteiger partial charge is 0.259 e. The van der Waals surface area contributed by atoms with Gasteiger partial charge in [0.25, 0.3) is 5.91 Å². The van der Waals surface area contributed by atoms with Crippen LogP contribution in [0.2, 0.25) is 0 Å². The Balaban J connectivity index is 1.46. The highest BCUT2D eigenvalue weighted by atomic mass is 32.1. The highest BCUT2D eigenvalue weighted by molar-refractivity contribution is 7.12. The van der Waals surface area contributed by atoms with Crippen molar-refractivity contribution in [3.05, 3.63) is 45.5 Å². The van der Waals surface area contributed by atoms with E-state index in [1.54, 1.807) is 34.2 Å². The van der Waals surface area contributed by atoms with Gasteiger partial charge in [-0.05, 0) is 50.0 Å². The number of piperidine rings is 1. The third kappa shape index (κ3) is 2.46. The Morgan fingerprint density at radius 1 is 1.27 bits per heavy atom. The van der Waals surface area contributed by atoms with Gasteiger partial charge in [0.2, 0.25) is 0 Å². The fourth-order valence-electron chi connectivity index (χ4n) is 3.98. The molecule has 7 heteroatoms. The van der Waals surface area contributed by atoms with Gasteiger partial charge in [0.05, 0.1) is 12.1 Å². The standard InChI is InChI=1S/C19H19FN4OS/c1-23-9-12-6-13(7-15(20)18(12)22-23)24-10-17-14(19(24)25)8-16(26-17)11-2-4-21-5-3-11/h6-9,11,21H,2-5,10H2,1H3. The second-order valence-electron chi connectivity index (χ2n) is 7.07. The lowest BCUT2D eigenvalue weighted by Gasteiger charge is -2.22. The quantitative estimate of drug-likeness (QED) is 0.752. The van der Waals surface area contributed by atoms with Gasteiger partial charge in [-0.3, -0.25) is 9.48 Å². The first-order valence-electron chi connectivity index (χ1n) is 8.88. The molecule has 1 N–H and O–H groups in total. The monoisotopic (exact) mass is 370 g/mol. The van der Waals surface area contributed by atoms with Crippen LogP contribution in [0, 0.1) is 5.82 Å². The molecule has 1 amide bonds. The Morgan fingerprint density at radius 3 is 2.85 bits per heavy atom. The van der Waals surface area contributed by atoms with Crippen LogP contribution in [-0.2, 0) is 13.6 Å². The first kappa shape index (κ1) is 16.0. The van der Waals surface area contributed by atoms with Crippen molar-refractivity contribution in [2.24, 2.45) is 7.05 Å². The van der Waals surface area contributed by atoms with E-state index in [1.807, 2.05) is 6.07 Å². The van der Waals surface area contributed by atoms with E-state index in [0.29, 0.717) is 29.1 Å². The molecule has 0 aliphatic carbocycles. The predicted octanol–water partition coefficient (Wildman–Crippen LogP) is 3.40. The van der Waals surface area contributed by atoms with Crippen LogP contribution in [0.1, 0.15) is 38.9 Å². The number of amides is 1. The van der Waals surface area contributed by atoms with Crippen LogP contribution in [0.5, 0.6) is 0 Å². The average Bonchev–Trinajstić information content (AvgIpc) is 3.30. The second kappa shape index (κ2) is 5.89. The zero-order chi connectivity index (χ0) is 17.8.